The van der Waals surface area contributed by atoms with Crippen LogP contribution in [0.3, 0.4) is 0 Å². The second-order valence-electron chi connectivity index (χ2n) is 6.19. The van der Waals surface area contributed by atoms with E-state index in [0.29, 0.717) is 38.3 Å². The SMILES string of the molecule is O=S(=O)(Cc1ccccc1)N1CCN(Cc2cc(F)ccc2O)CC1. The summed E-state index contributed by atoms with van der Waals surface area (Å²) in [5, 5.41) is 9.81. The molecule has 2 aromatic rings. The van der Waals surface area contributed by atoms with Gasteiger partial charge in [0.05, 0.1) is 5.75 Å². The van der Waals surface area contributed by atoms with Crippen molar-refractivity contribution in [2.24, 2.45) is 0 Å². The van der Waals surface area contributed by atoms with Gasteiger partial charge in [0.2, 0.25) is 10.0 Å². The molecule has 134 valence electrons. The Balaban J connectivity index is 1.59. The molecule has 0 atom stereocenters. The maximum atomic E-state index is 13.3. The summed E-state index contributed by atoms with van der Waals surface area (Å²) < 4.78 is 39.9. The molecule has 0 aliphatic carbocycles. The quantitative estimate of drug-likeness (QED) is 0.883. The molecule has 0 radical (unpaired) electrons. The van der Waals surface area contributed by atoms with Crippen LogP contribution in [-0.4, -0.2) is 48.9 Å². The van der Waals surface area contributed by atoms with E-state index in [2.05, 4.69) is 0 Å². The molecule has 3 rings (SSSR count). The number of phenols is 1. The third-order valence-corrected chi connectivity index (χ3v) is 6.20. The molecule has 25 heavy (non-hydrogen) atoms. The van der Waals surface area contributed by atoms with E-state index in [4.69, 9.17) is 0 Å². The number of hydrogen-bond donors (Lipinski definition) is 1. The third kappa shape index (κ3) is 4.56. The van der Waals surface area contributed by atoms with E-state index < -0.39 is 15.8 Å². The fourth-order valence-electron chi connectivity index (χ4n) is 2.96. The lowest BCUT2D eigenvalue weighted by Gasteiger charge is -2.34. The van der Waals surface area contributed by atoms with Gasteiger partial charge in [-0.05, 0) is 23.8 Å². The summed E-state index contributed by atoms with van der Waals surface area (Å²) in [6.07, 6.45) is 0. The average molecular weight is 364 g/mol. The summed E-state index contributed by atoms with van der Waals surface area (Å²) in [4.78, 5) is 2.02. The molecule has 1 aliphatic heterocycles. The zero-order chi connectivity index (χ0) is 17.9. The largest absolute Gasteiger partial charge is 0.508 e. The minimum absolute atomic E-state index is 0.00146. The molecule has 0 unspecified atom stereocenters. The average Bonchev–Trinajstić information content (AvgIpc) is 2.59. The number of halogens is 1. The summed E-state index contributed by atoms with van der Waals surface area (Å²) in [5.74, 6) is -0.337. The molecule has 2 aromatic carbocycles. The van der Waals surface area contributed by atoms with E-state index in [1.165, 1.54) is 22.5 Å². The molecule has 1 heterocycles. The number of sulfonamides is 1. The van der Waals surface area contributed by atoms with Crippen molar-refractivity contribution in [3.8, 4) is 5.75 Å². The Hall–Kier alpha value is -1.96. The van der Waals surface area contributed by atoms with Crippen molar-refractivity contribution in [2.75, 3.05) is 26.2 Å². The summed E-state index contributed by atoms with van der Waals surface area (Å²) >= 11 is 0. The smallest absolute Gasteiger partial charge is 0.218 e. The van der Waals surface area contributed by atoms with Crippen molar-refractivity contribution in [3.63, 3.8) is 0 Å². The minimum atomic E-state index is -3.35. The lowest BCUT2D eigenvalue weighted by molar-refractivity contribution is 0.180. The fourth-order valence-corrected chi connectivity index (χ4v) is 4.48. The topological polar surface area (TPSA) is 60.9 Å². The molecule has 0 spiro atoms. The molecular formula is C18H21FN2O3S. The summed E-state index contributed by atoms with van der Waals surface area (Å²) in [6.45, 7) is 2.28. The van der Waals surface area contributed by atoms with Crippen LogP contribution in [0.5, 0.6) is 5.75 Å². The number of aromatic hydroxyl groups is 1. The first kappa shape index (κ1) is 17.8. The molecule has 1 saturated heterocycles. The Morgan fingerprint density at radius 1 is 1.00 bits per heavy atom. The van der Waals surface area contributed by atoms with E-state index >= 15 is 0 Å². The van der Waals surface area contributed by atoms with Gasteiger partial charge in [0.25, 0.3) is 0 Å². The molecule has 1 aliphatic rings. The minimum Gasteiger partial charge on any atom is -0.508 e. The van der Waals surface area contributed by atoms with Crippen molar-refractivity contribution in [3.05, 3.63) is 65.5 Å². The normalized spacial score (nSPS) is 16.8. The fraction of sp³-hybridized carbons (Fsp3) is 0.333. The van der Waals surface area contributed by atoms with Gasteiger partial charge in [0.15, 0.2) is 0 Å². The number of nitrogens with zero attached hydrogens (tertiary/aromatic N) is 2. The standard InChI is InChI=1S/C18H21FN2O3S/c19-17-6-7-18(22)16(12-17)13-20-8-10-21(11-9-20)25(23,24)14-15-4-2-1-3-5-15/h1-7,12,22H,8-11,13-14H2. The molecule has 0 aromatic heterocycles. The number of hydrogen-bond acceptors (Lipinski definition) is 4. The highest BCUT2D eigenvalue weighted by atomic mass is 32.2. The van der Waals surface area contributed by atoms with E-state index in [1.807, 2.05) is 23.1 Å². The van der Waals surface area contributed by atoms with Gasteiger partial charge < -0.3 is 5.11 Å². The molecule has 0 amide bonds. The Labute approximate surface area is 147 Å². The van der Waals surface area contributed by atoms with E-state index in [0.717, 1.165) is 5.56 Å². The van der Waals surface area contributed by atoms with Crippen molar-refractivity contribution in [1.82, 2.24) is 9.21 Å². The number of rotatable bonds is 5. The summed E-state index contributed by atoms with van der Waals surface area (Å²) in [7, 11) is -3.35. The van der Waals surface area contributed by atoms with Crippen LogP contribution in [0.25, 0.3) is 0 Å². The predicted molar refractivity (Wildman–Crippen MR) is 94.0 cm³/mol. The van der Waals surface area contributed by atoms with Gasteiger partial charge >= 0.3 is 0 Å². The maximum absolute atomic E-state index is 13.3. The van der Waals surface area contributed by atoms with Gasteiger partial charge in [-0.25, -0.2) is 12.8 Å². The van der Waals surface area contributed by atoms with Gasteiger partial charge in [-0.1, -0.05) is 30.3 Å². The lowest BCUT2D eigenvalue weighted by atomic mass is 10.1. The molecule has 1 fully saturated rings. The highest BCUT2D eigenvalue weighted by molar-refractivity contribution is 7.88. The van der Waals surface area contributed by atoms with E-state index in [1.54, 1.807) is 12.1 Å². The second kappa shape index (κ2) is 7.51. The Morgan fingerprint density at radius 3 is 2.36 bits per heavy atom. The van der Waals surface area contributed by atoms with Crippen molar-refractivity contribution in [2.45, 2.75) is 12.3 Å². The predicted octanol–water partition coefficient (Wildman–Crippen LogP) is 2.18. The van der Waals surface area contributed by atoms with Gasteiger partial charge in [0, 0.05) is 38.3 Å². The zero-order valence-corrected chi connectivity index (χ0v) is 14.6. The lowest BCUT2D eigenvalue weighted by Crippen LogP contribution is -2.48. The van der Waals surface area contributed by atoms with Crippen LogP contribution in [0.15, 0.2) is 48.5 Å². The zero-order valence-electron chi connectivity index (χ0n) is 13.8. The van der Waals surface area contributed by atoms with Gasteiger partial charge in [-0.2, -0.15) is 4.31 Å². The third-order valence-electron chi connectivity index (χ3n) is 4.35. The number of piperazine rings is 1. The molecule has 0 saturated carbocycles. The van der Waals surface area contributed by atoms with Gasteiger partial charge in [-0.15, -0.1) is 0 Å². The Kier molecular flexibility index (Phi) is 5.36. The van der Waals surface area contributed by atoms with Crippen molar-refractivity contribution in [1.29, 1.82) is 0 Å². The van der Waals surface area contributed by atoms with Gasteiger partial charge in [0.1, 0.15) is 11.6 Å². The van der Waals surface area contributed by atoms with Gasteiger partial charge in [-0.3, -0.25) is 4.90 Å². The van der Waals surface area contributed by atoms with Crippen molar-refractivity contribution < 1.29 is 17.9 Å². The summed E-state index contributed by atoms with van der Waals surface area (Å²) in [5.41, 5.74) is 1.29. The van der Waals surface area contributed by atoms with E-state index in [-0.39, 0.29) is 11.5 Å². The molecule has 1 N–H and O–H groups in total. The number of phenolic OH excluding ortho intramolecular Hbond substituents is 1. The first-order chi connectivity index (χ1) is 11.9. The number of benzene rings is 2. The highest BCUT2D eigenvalue weighted by Gasteiger charge is 2.27. The van der Waals surface area contributed by atoms with Crippen LogP contribution in [0.2, 0.25) is 0 Å². The molecule has 0 bridgehead atoms. The molecule has 7 heteroatoms. The van der Waals surface area contributed by atoms with Crippen LogP contribution in [0.1, 0.15) is 11.1 Å². The second-order valence-corrected chi connectivity index (χ2v) is 8.16. The Morgan fingerprint density at radius 2 is 1.68 bits per heavy atom. The van der Waals surface area contributed by atoms with Crippen LogP contribution < -0.4 is 0 Å². The molecule has 5 nitrogen and oxygen atoms in total. The highest BCUT2D eigenvalue weighted by Crippen LogP contribution is 2.21. The van der Waals surface area contributed by atoms with E-state index in [9.17, 15) is 17.9 Å². The van der Waals surface area contributed by atoms with Crippen LogP contribution in [0.4, 0.5) is 4.39 Å². The summed E-state index contributed by atoms with van der Waals surface area (Å²) in [6, 6.07) is 13.0. The monoisotopic (exact) mass is 364 g/mol. The first-order valence-electron chi connectivity index (χ1n) is 8.15. The Bertz CT molecular complexity index is 819. The van der Waals surface area contributed by atoms with Crippen LogP contribution in [-0.2, 0) is 22.3 Å². The van der Waals surface area contributed by atoms with Crippen LogP contribution >= 0.6 is 0 Å². The maximum Gasteiger partial charge on any atom is 0.218 e. The molecular weight excluding hydrogens is 343 g/mol. The van der Waals surface area contributed by atoms with Crippen LogP contribution in [0, 0.1) is 5.82 Å². The first-order valence-corrected chi connectivity index (χ1v) is 9.76. The van der Waals surface area contributed by atoms with Crippen molar-refractivity contribution >= 4 is 10.0 Å².